The molecule has 0 aromatic heterocycles. The third-order valence-electron chi connectivity index (χ3n) is 5.66. The van der Waals surface area contributed by atoms with Crippen LogP contribution in [0.5, 0.6) is 0 Å². The van der Waals surface area contributed by atoms with Crippen molar-refractivity contribution in [3.63, 3.8) is 0 Å². The second kappa shape index (κ2) is 10.1. The maximum atomic E-state index is 3.40. The van der Waals surface area contributed by atoms with Crippen LogP contribution < -0.4 is 15.9 Å². The molecule has 30 heavy (non-hydrogen) atoms. The molecule has 0 unspecified atom stereocenters. The quantitative estimate of drug-likeness (QED) is 0.224. The van der Waals surface area contributed by atoms with Gasteiger partial charge in [-0.05, 0) is 0 Å². The Balaban J connectivity index is 1.69. The Morgan fingerprint density at radius 1 is 0.500 bits per heavy atom. The molecule has 0 bridgehead atoms. The minimum atomic E-state index is -2.12. The maximum absolute atomic E-state index is 3.40. The van der Waals surface area contributed by atoms with E-state index in [0.717, 1.165) is 24.6 Å². The van der Waals surface area contributed by atoms with E-state index in [0.29, 0.717) is 0 Å². The van der Waals surface area contributed by atoms with E-state index in [9.17, 15) is 0 Å². The van der Waals surface area contributed by atoms with E-state index in [1.165, 1.54) is 15.9 Å². The molecule has 0 N–H and O–H groups in total. The second-order valence-corrected chi connectivity index (χ2v) is 11.6. The number of benzene rings is 4. The van der Waals surface area contributed by atoms with Gasteiger partial charge in [-0.3, -0.25) is 0 Å². The Kier molecular flexibility index (Phi) is 6.76. The third-order valence-corrected chi connectivity index (χ3v) is 10.7. The van der Waals surface area contributed by atoms with Crippen molar-refractivity contribution < 1.29 is 0 Å². The molecule has 0 heterocycles. The van der Waals surface area contributed by atoms with Gasteiger partial charge in [0.15, 0.2) is 0 Å². The van der Waals surface area contributed by atoms with Gasteiger partial charge < -0.3 is 0 Å². The SMILES string of the molecule is C(#Cc1ccccc1)CCC[PH](c1ccccc1)(c1ccccc1)c1ccccc1. The van der Waals surface area contributed by atoms with Gasteiger partial charge in [0.05, 0.1) is 0 Å². The van der Waals surface area contributed by atoms with Crippen LogP contribution in [-0.4, -0.2) is 6.16 Å². The first kappa shape index (κ1) is 20.2. The van der Waals surface area contributed by atoms with Crippen LogP contribution in [0.3, 0.4) is 0 Å². The van der Waals surface area contributed by atoms with Gasteiger partial charge in [-0.15, -0.1) is 0 Å². The van der Waals surface area contributed by atoms with Gasteiger partial charge in [0.25, 0.3) is 0 Å². The van der Waals surface area contributed by atoms with E-state index >= 15 is 0 Å². The van der Waals surface area contributed by atoms with Gasteiger partial charge in [-0.1, -0.05) is 0 Å². The van der Waals surface area contributed by atoms with Crippen molar-refractivity contribution >= 4 is 23.2 Å². The molecule has 0 spiro atoms. The molecule has 0 aliphatic rings. The zero-order valence-electron chi connectivity index (χ0n) is 17.2. The summed E-state index contributed by atoms with van der Waals surface area (Å²) in [5, 5.41) is 4.41. The average molecular weight is 407 g/mol. The van der Waals surface area contributed by atoms with Gasteiger partial charge in [0.2, 0.25) is 0 Å². The van der Waals surface area contributed by atoms with Crippen LogP contribution in [0.4, 0.5) is 0 Å². The van der Waals surface area contributed by atoms with Crippen LogP contribution in [0.15, 0.2) is 121 Å². The summed E-state index contributed by atoms with van der Waals surface area (Å²) < 4.78 is 0. The molecule has 0 saturated carbocycles. The van der Waals surface area contributed by atoms with Crippen molar-refractivity contribution in [3.8, 4) is 11.8 Å². The molecule has 0 nitrogen and oxygen atoms in total. The van der Waals surface area contributed by atoms with E-state index in [1.807, 2.05) is 18.2 Å². The molecule has 0 aliphatic carbocycles. The number of hydrogen-bond donors (Lipinski definition) is 0. The molecule has 0 radical (unpaired) electrons. The molecule has 4 rings (SSSR count). The summed E-state index contributed by atoms with van der Waals surface area (Å²) >= 11 is 0. The Labute approximate surface area is 181 Å². The summed E-state index contributed by atoms with van der Waals surface area (Å²) in [5.74, 6) is 6.72. The molecule has 0 aliphatic heterocycles. The molecular formula is C29H27P. The first-order valence-corrected chi connectivity index (χ1v) is 12.8. The van der Waals surface area contributed by atoms with Gasteiger partial charge in [0.1, 0.15) is 0 Å². The van der Waals surface area contributed by atoms with Crippen LogP contribution >= 0.6 is 7.26 Å². The van der Waals surface area contributed by atoms with E-state index in [2.05, 4.69) is 115 Å². The van der Waals surface area contributed by atoms with Crippen molar-refractivity contribution in [3.05, 3.63) is 127 Å². The molecule has 1 heteroatoms. The predicted molar refractivity (Wildman–Crippen MR) is 134 cm³/mol. The molecule has 0 amide bonds. The predicted octanol–water partition coefficient (Wildman–Crippen LogP) is 5.54. The van der Waals surface area contributed by atoms with Crippen molar-refractivity contribution in [1.82, 2.24) is 0 Å². The van der Waals surface area contributed by atoms with Gasteiger partial charge >= 0.3 is 181 Å². The Bertz CT molecular complexity index is 995. The van der Waals surface area contributed by atoms with Crippen molar-refractivity contribution in [1.29, 1.82) is 0 Å². The third kappa shape index (κ3) is 4.54. The molecule has 0 saturated heterocycles. The van der Waals surface area contributed by atoms with Crippen LogP contribution in [0.1, 0.15) is 18.4 Å². The van der Waals surface area contributed by atoms with Crippen molar-refractivity contribution in [2.45, 2.75) is 12.8 Å². The van der Waals surface area contributed by atoms with Crippen LogP contribution in [-0.2, 0) is 0 Å². The van der Waals surface area contributed by atoms with Gasteiger partial charge in [-0.2, -0.15) is 0 Å². The summed E-state index contributed by atoms with van der Waals surface area (Å²) in [7, 11) is -2.12. The van der Waals surface area contributed by atoms with Crippen molar-refractivity contribution in [2.24, 2.45) is 0 Å². The fourth-order valence-electron chi connectivity index (χ4n) is 4.23. The van der Waals surface area contributed by atoms with E-state index in [-0.39, 0.29) is 0 Å². The molecule has 0 atom stereocenters. The van der Waals surface area contributed by atoms with E-state index < -0.39 is 7.26 Å². The summed E-state index contributed by atoms with van der Waals surface area (Å²) in [6, 6.07) is 43.6. The first-order chi connectivity index (χ1) is 14.9. The molecule has 0 fully saturated rings. The van der Waals surface area contributed by atoms with Gasteiger partial charge in [-0.25, -0.2) is 0 Å². The zero-order valence-corrected chi connectivity index (χ0v) is 18.2. The molecule has 148 valence electrons. The van der Waals surface area contributed by atoms with Gasteiger partial charge in [0, 0.05) is 0 Å². The summed E-state index contributed by atoms with van der Waals surface area (Å²) in [4.78, 5) is 0. The zero-order chi connectivity index (χ0) is 20.5. The average Bonchev–Trinajstić information content (AvgIpc) is 2.84. The van der Waals surface area contributed by atoms with E-state index in [4.69, 9.17) is 0 Å². The number of hydrogen-bond acceptors (Lipinski definition) is 0. The molecular weight excluding hydrogens is 379 g/mol. The fourth-order valence-corrected chi connectivity index (χ4v) is 9.09. The monoisotopic (exact) mass is 406 g/mol. The van der Waals surface area contributed by atoms with Crippen LogP contribution in [0.25, 0.3) is 0 Å². The van der Waals surface area contributed by atoms with Crippen LogP contribution in [0, 0.1) is 11.8 Å². The molecule has 4 aromatic rings. The standard InChI is InChI=1S/C29H27P/c1-6-16-26(17-7-1)18-8-5-15-25-30(27-19-9-2-10-20-27,28-21-11-3-12-22-28)29-23-13-4-14-24-29/h1-4,6-7,9-14,16-17,19-24,30H,5,15,25H2. The summed E-state index contributed by atoms with van der Waals surface area (Å²) in [6.07, 6.45) is 3.15. The number of rotatable bonds is 6. The Hall–Kier alpha value is -3.13. The summed E-state index contributed by atoms with van der Waals surface area (Å²) in [6.45, 7) is 0. The Morgan fingerprint density at radius 3 is 1.33 bits per heavy atom. The second-order valence-electron chi connectivity index (χ2n) is 7.52. The summed E-state index contributed by atoms with van der Waals surface area (Å²) in [5.41, 5.74) is 1.09. The van der Waals surface area contributed by atoms with E-state index in [1.54, 1.807) is 0 Å². The normalized spacial score (nSPS) is 11.3. The minimum absolute atomic E-state index is 0.913. The topological polar surface area (TPSA) is 0 Å². The first-order valence-electron chi connectivity index (χ1n) is 10.6. The van der Waals surface area contributed by atoms with Crippen LogP contribution in [0.2, 0.25) is 0 Å². The number of unbranched alkanes of at least 4 members (excludes halogenated alkanes) is 1. The molecule has 4 aromatic carbocycles. The fraction of sp³-hybridized carbons (Fsp3) is 0.103. The van der Waals surface area contributed by atoms with Crippen molar-refractivity contribution in [2.75, 3.05) is 6.16 Å². The Morgan fingerprint density at radius 2 is 0.900 bits per heavy atom.